The van der Waals surface area contributed by atoms with E-state index in [9.17, 15) is 4.79 Å². The molecule has 110 valence electrons. The van der Waals surface area contributed by atoms with Gasteiger partial charge < -0.3 is 10.2 Å². The van der Waals surface area contributed by atoms with Gasteiger partial charge in [-0.2, -0.15) is 0 Å². The molecule has 20 heavy (non-hydrogen) atoms. The summed E-state index contributed by atoms with van der Waals surface area (Å²) >= 11 is 0. The Balaban J connectivity index is 1.67. The fourth-order valence-electron chi connectivity index (χ4n) is 2.78. The largest absolute Gasteiger partial charge is 0.331 e. The van der Waals surface area contributed by atoms with Crippen molar-refractivity contribution in [3.8, 4) is 0 Å². The molecule has 0 radical (unpaired) electrons. The van der Waals surface area contributed by atoms with Crippen molar-refractivity contribution in [3.63, 3.8) is 0 Å². The van der Waals surface area contributed by atoms with E-state index in [1.807, 2.05) is 11.8 Å². The molecule has 1 atom stereocenters. The van der Waals surface area contributed by atoms with Crippen molar-refractivity contribution in [2.45, 2.75) is 57.5 Å². The summed E-state index contributed by atoms with van der Waals surface area (Å²) in [7, 11) is 0. The van der Waals surface area contributed by atoms with Crippen molar-refractivity contribution < 1.29 is 4.79 Å². The van der Waals surface area contributed by atoms with Crippen LogP contribution in [0.1, 0.15) is 55.5 Å². The van der Waals surface area contributed by atoms with E-state index in [1.54, 1.807) is 0 Å². The molecule has 6 heteroatoms. The number of carbonyl (C=O) groups is 1. The van der Waals surface area contributed by atoms with Crippen LogP contribution >= 0.6 is 0 Å². The zero-order valence-corrected chi connectivity index (χ0v) is 12.1. The van der Waals surface area contributed by atoms with Crippen LogP contribution < -0.4 is 5.32 Å². The third-order valence-corrected chi connectivity index (χ3v) is 4.14. The molecule has 2 heterocycles. The summed E-state index contributed by atoms with van der Waals surface area (Å²) in [5, 5.41) is 10.4. The highest BCUT2D eigenvalue weighted by atomic mass is 16.2. The molecule has 2 fully saturated rings. The van der Waals surface area contributed by atoms with Gasteiger partial charge in [0.2, 0.25) is 5.82 Å². The molecule has 2 N–H and O–H groups in total. The second-order valence-corrected chi connectivity index (χ2v) is 5.79. The van der Waals surface area contributed by atoms with Crippen LogP contribution in [-0.4, -0.2) is 51.2 Å². The summed E-state index contributed by atoms with van der Waals surface area (Å²) in [5.74, 6) is 1.08. The van der Waals surface area contributed by atoms with Gasteiger partial charge in [-0.3, -0.25) is 9.89 Å². The van der Waals surface area contributed by atoms with Gasteiger partial charge in [0.15, 0.2) is 0 Å². The van der Waals surface area contributed by atoms with Gasteiger partial charge in [0.05, 0.1) is 0 Å². The molecule has 0 bridgehead atoms. The topological polar surface area (TPSA) is 73.9 Å². The van der Waals surface area contributed by atoms with Crippen molar-refractivity contribution in [1.82, 2.24) is 25.4 Å². The van der Waals surface area contributed by atoms with Crippen molar-refractivity contribution in [3.05, 3.63) is 11.6 Å². The van der Waals surface area contributed by atoms with Gasteiger partial charge >= 0.3 is 0 Å². The van der Waals surface area contributed by atoms with Crippen LogP contribution in [0.5, 0.6) is 0 Å². The maximum absolute atomic E-state index is 12.6. The minimum Gasteiger partial charge on any atom is -0.331 e. The Morgan fingerprint density at radius 1 is 1.35 bits per heavy atom. The van der Waals surface area contributed by atoms with Gasteiger partial charge in [-0.05, 0) is 32.2 Å². The average molecular weight is 277 g/mol. The lowest BCUT2D eigenvalue weighted by atomic mass is 10.0. The molecule has 1 aliphatic carbocycles. The van der Waals surface area contributed by atoms with E-state index >= 15 is 0 Å². The number of piperidine rings is 1. The van der Waals surface area contributed by atoms with Gasteiger partial charge in [-0.25, -0.2) is 4.98 Å². The Labute approximate surface area is 119 Å². The molecule has 1 amide bonds. The second-order valence-electron chi connectivity index (χ2n) is 5.79. The van der Waals surface area contributed by atoms with E-state index in [1.165, 1.54) is 12.8 Å². The van der Waals surface area contributed by atoms with Crippen LogP contribution in [0.15, 0.2) is 0 Å². The molecule has 1 aromatic rings. The second kappa shape index (κ2) is 5.91. The minimum absolute atomic E-state index is 0.0178. The van der Waals surface area contributed by atoms with E-state index in [2.05, 4.69) is 20.5 Å². The highest BCUT2D eigenvalue weighted by Crippen LogP contribution is 2.28. The fraction of sp³-hybridized carbons (Fsp3) is 0.786. The molecule has 1 unspecified atom stereocenters. The van der Waals surface area contributed by atoms with E-state index in [4.69, 9.17) is 0 Å². The molecule has 1 aromatic heterocycles. The first kappa shape index (κ1) is 13.5. The highest BCUT2D eigenvalue weighted by Gasteiger charge is 2.36. The third kappa shape index (κ3) is 3.00. The molecular weight excluding hydrogens is 254 g/mol. The Morgan fingerprint density at radius 2 is 2.20 bits per heavy atom. The molecule has 1 saturated carbocycles. The Morgan fingerprint density at radius 3 is 2.80 bits per heavy atom. The van der Waals surface area contributed by atoms with Crippen LogP contribution in [-0.2, 0) is 6.42 Å². The average Bonchev–Trinajstić information content (AvgIpc) is 3.21. The lowest BCUT2D eigenvalue weighted by Crippen LogP contribution is -2.46. The Kier molecular flexibility index (Phi) is 4.00. The predicted molar refractivity (Wildman–Crippen MR) is 75.5 cm³/mol. The molecule has 2 aliphatic rings. The fourth-order valence-corrected chi connectivity index (χ4v) is 2.78. The summed E-state index contributed by atoms with van der Waals surface area (Å²) in [6.07, 6.45) is 6.66. The number of aromatic nitrogens is 3. The van der Waals surface area contributed by atoms with Crippen molar-refractivity contribution >= 4 is 5.91 Å². The van der Waals surface area contributed by atoms with Crippen molar-refractivity contribution in [2.75, 3.05) is 13.1 Å². The Hall–Kier alpha value is -1.43. The van der Waals surface area contributed by atoms with Crippen LogP contribution in [0.2, 0.25) is 0 Å². The summed E-state index contributed by atoms with van der Waals surface area (Å²) < 4.78 is 0. The maximum Gasteiger partial charge on any atom is 0.293 e. The van der Waals surface area contributed by atoms with E-state index in [-0.39, 0.29) is 5.91 Å². The number of H-pyrrole nitrogens is 1. The quantitative estimate of drug-likeness (QED) is 0.845. The number of hydrogen-bond acceptors (Lipinski definition) is 4. The number of hydrogen-bond donors (Lipinski definition) is 2. The molecule has 0 aromatic carbocycles. The standard InChI is InChI=1S/C14H23N5O/c1-2-12-16-13(18-17-12)14(20)19(11-6-7-11)9-10-5-3-4-8-15-10/h10-11,15H,2-9H2,1H3,(H,16,17,18). The smallest absolute Gasteiger partial charge is 0.293 e. The van der Waals surface area contributed by atoms with Crippen LogP contribution in [0.3, 0.4) is 0 Å². The van der Waals surface area contributed by atoms with E-state index in [0.29, 0.717) is 17.9 Å². The normalized spacial score (nSPS) is 22.8. The number of aromatic amines is 1. The summed E-state index contributed by atoms with van der Waals surface area (Å²) in [6, 6.07) is 0.827. The number of aryl methyl sites for hydroxylation is 1. The minimum atomic E-state index is -0.0178. The van der Waals surface area contributed by atoms with Gasteiger partial charge in [-0.15, -0.1) is 5.10 Å². The number of rotatable bonds is 5. The maximum atomic E-state index is 12.6. The van der Waals surface area contributed by atoms with Crippen molar-refractivity contribution in [1.29, 1.82) is 0 Å². The number of carbonyl (C=O) groups excluding carboxylic acids is 1. The van der Waals surface area contributed by atoms with Gasteiger partial charge in [-0.1, -0.05) is 13.3 Å². The number of nitrogens with one attached hydrogen (secondary N) is 2. The lowest BCUT2D eigenvalue weighted by molar-refractivity contribution is 0.0706. The summed E-state index contributed by atoms with van der Waals surface area (Å²) in [6.45, 7) is 3.86. The highest BCUT2D eigenvalue weighted by molar-refractivity contribution is 5.90. The van der Waals surface area contributed by atoms with Crippen LogP contribution in [0, 0.1) is 0 Å². The zero-order valence-electron chi connectivity index (χ0n) is 12.1. The molecule has 1 aliphatic heterocycles. The SMILES string of the molecule is CCc1nc(C(=O)N(CC2CCCCN2)C2CC2)n[nH]1. The van der Waals surface area contributed by atoms with Gasteiger partial charge in [0.1, 0.15) is 5.82 Å². The van der Waals surface area contributed by atoms with Gasteiger partial charge in [0.25, 0.3) is 5.91 Å². The first-order valence-corrected chi connectivity index (χ1v) is 7.73. The Bertz CT molecular complexity index is 462. The first-order chi connectivity index (χ1) is 9.78. The molecule has 0 spiro atoms. The molecule has 1 saturated heterocycles. The summed E-state index contributed by atoms with van der Waals surface area (Å²) in [5.41, 5.74) is 0. The third-order valence-electron chi connectivity index (χ3n) is 4.14. The first-order valence-electron chi connectivity index (χ1n) is 7.73. The number of amides is 1. The van der Waals surface area contributed by atoms with Crippen LogP contribution in [0.25, 0.3) is 0 Å². The molecular formula is C14H23N5O. The number of nitrogens with zero attached hydrogens (tertiary/aromatic N) is 3. The zero-order chi connectivity index (χ0) is 13.9. The van der Waals surface area contributed by atoms with E-state index < -0.39 is 0 Å². The van der Waals surface area contributed by atoms with Crippen molar-refractivity contribution in [2.24, 2.45) is 0 Å². The van der Waals surface area contributed by atoms with Crippen LogP contribution in [0.4, 0.5) is 0 Å². The summed E-state index contributed by atoms with van der Waals surface area (Å²) in [4.78, 5) is 18.8. The van der Waals surface area contributed by atoms with E-state index in [0.717, 1.165) is 44.6 Å². The molecule has 6 nitrogen and oxygen atoms in total. The monoisotopic (exact) mass is 277 g/mol. The van der Waals surface area contributed by atoms with Gasteiger partial charge in [0, 0.05) is 25.0 Å². The predicted octanol–water partition coefficient (Wildman–Crippen LogP) is 1.11. The molecule has 3 rings (SSSR count). The lowest BCUT2D eigenvalue weighted by Gasteiger charge is -2.30.